The quantitative estimate of drug-likeness (QED) is 0.732. The molecule has 1 aromatic carbocycles. The van der Waals surface area contributed by atoms with E-state index >= 15 is 0 Å². The molecule has 0 bridgehead atoms. The van der Waals surface area contributed by atoms with Crippen molar-refractivity contribution in [2.75, 3.05) is 20.2 Å². The van der Waals surface area contributed by atoms with Crippen LogP contribution in [-0.4, -0.2) is 20.2 Å². The fourth-order valence-electron chi connectivity index (χ4n) is 1.90. The summed E-state index contributed by atoms with van der Waals surface area (Å²) in [5.41, 5.74) is 3.82. The molecule has 2 heteroatoms. The van der Waals surface area contributed by atoms with Crippen LogP contribution in [0.5, 0.6) is 5.75 Å². The van der Waals surface area contributed by atoms with Gasteiger partial charge < -0.3 is 10.1 Å². The molecule has 0 aliphatic rings. The summed E-state index contributed by atoms with van der Waals surface area (Å²) in [5.74, 6) is 1.08. The molecule has 0 atom stereocenters. The largest absolute Gasteiger partial charge is 0.493 e. The van der Waals surface area contributed by atoms with Gasteiger partial charge in [-0.1, -0.05) is 12.1 Å². The standard InChI is InChI=1S/C15H25NO/c1-12-8-9-13(2)15(14(12)3)17-11-7-5-6-10-16-4/h8-9,16H,5-7,10-11H2,1-4H3. The Morgan fingerprint density at radius 3 is 2.41 bits per heavy atom. The summed E-state index contributed by atoms with van der Waals surface area (Å²) in [6.45, 7) is 8.31. The summed E-state index contributed by atoms with van der Waals surface area (Å²) < 4.78 is 5.91. The smallest absolute Gasteiger partial charge is 0.125 e. The van der Waals surface area contributed by atoms with Gasteiger partial charge >= 0.3 is 0 Å². The molecule has 17 heavy (non-hydrogen) atoms. The SMILES string of the molecule is CNCCCCCOc1c(C)ccc(C)c1C. The molecule has 0 aliphatic carbocycles. The lowest BCUT2D eigenvalue weighted by Gasteiger charge is -2.13. The van der Waals surface area contributed by atoms with Gasteiger partial charge in [-0.2, -0.15) is 0 Å². The van der Waals surface area contributed by atoms with Crippen molar-refractivity contribution in [3.8, 4) is 5.75 Å². The van der Waals surface area contributed by atoms with Crippen LogP contribution < -0.4 is 10.1 Å². The zero-order chi connectivity index (χ0) is 12.7. The lowest BCUT2D eigenvalue weighted by Crippen LogP contribution is -2.08. The highest BCUT2D eigenvalue weighted by Crippen LogP contribution is 2.25. The Bertz CT molecular complexity index is 347. The van der Waals surface area contributed by atoms with Crippen LogP contribution in [0, 0.1) is 20.8 Å². The van der Waals surface area contributed by atoms with Gasteiger partial charge in [0.05, 0.1) is 6.61 Å². The Labute approximate surface area is 105 Å². The van der Waals surface area contributed by atoms with Crippen LogP contribution in [0.25, 0.3) is 0 Å². The molecule has 2 nitrogen and oxygen atoms in total. The average molecular weight is 235 g/mol. The van der Waals surface area contributed by atoms with E-state index in [2.05, 4.69) is 38.2 Å². The first-order valence-corrected chi connectivity index (χ1v) is 6.51. The lowest BCUT2D eigenvalue weighted by atomic mass is 10.1. The topological polar surface area (TPSA) is 21.3 Å². The molecule has 0 aromatic heterocycles. The van der Waals surface area contributed by atoms with Gasteiger partial charge in [-0.05, 0) is 70.3 Å². The van der Waals surface area contributed by atoms with Gasteiger partial charge in [0.2, 0.25) is 0 Å². The molecular weight excluding hydrogens is 210 g/mol. The second-order valence-electron chi connectivity index (χ2n) is 4.67. The van der Waals surface area contributed by atoms with Crippen LogP contribution in [0.4, 0.5) is 0 Å². The third-order valence-electron chi connectivity index (χ3n) is 3.19. The molecule has 0 spiro atoms. The van der Waals surface area contributed by atoms with Gasteiger partial charge in [0.1, 0.15) is 5.75 Å². The summed E-state index contributed by atoms with van der Waals surface area (Å²) >= 11 is 0. The molecule has 1 aromatic rings. The molecule has 1 N–H and O–H groups in total. The van der Waals surface area contributed by atoms with Gasteiger partial charge in [0.15, 0.2) is 0 Å². The Hall–Kier alpha value is -1.02. The molecule has 0 unspecified atom stereocenters. The number of hydrogen-bond acceptors (Lipinski definition) is 2. The van der Waals surface area contributed by atoms with E-state index in [0.29, 0.717) is 0 Å². The molecular formula is C15H25NO. The number of rotatable bonds is 7. The summed E-state index contributed by atoms with van der Waals surface area (Å²) in [6, 6.07) is 4.29. The Morgan fingerprint density at radius 2 is 1.71 bits per heavy atom. The third kappa shape index (κ3) is 4.39. The van der Waals surface area contributed by atoms with Gasteiger partial charge in [0.25, 0.3) is 0 Å². The van der Waals surface area contributed by atoms with E-state index in [1.54, 1.807) is 0 Å². The van der Waals surface area contributed by atoms with Crippen LogP contribution in [-0.2, 0) is 0 Å². The third-order valence-corrected chi connectivity index (χ3v) is 3.19. The molecule has 0 radical (unpaired) electrons. The molecule has 1 rings (SSSR count). The minimum absolute atomic E-state index is 0.828. The van der Waals surface area contributed by atoms with Gasteiger partial charge in [-0.3, -0.25) is 0 Å². The van der Waals surface area contributed by atoms with Crippen LogP contribution >= 0.6 is 0 Å². The Morgan fingerprint density at radius 1 is 1.00 bits per heavy atom. The van der Waals surface area contributed by atoms with Gasteiger partial charge in [-0.15, -0.1) is 0 Å². The highest BCUT2D eigenvalue weighted by molar-refractivity contribution is 5.44. The van der Waals surface area contributed by atoms with E-state index < -0.39 is 0 Å². The van der Waals surface area contributed by atoms with E-state index in [9.17, 15) is 0 Å². The highest BCUT2D eigenvalue weighted by atomic mass is 16.5. The summed E-state index contributed by atoms with van der Waals surface area (Å²) in [5, 5.41) is 3.16. The monoisotopic (exact) mass is 235 g/mol. The van der Waals surface area contributed by atoms with Crippen molar-refractivity contribution in [3.05, 3.63) is 28.8 Å². The summed E-state index contributed by atoms with van der Waals surface area (Å²) in [7, 11) is 2.00. The number of unbranched alkanes of at least 4 members (excludes halogenated alkanes) is 2. The maximum absolute atomic E-state index is 5.91. The Kier molecular flexibility index (Phi) is 6.06. The number of benzene rings is 1. The van der Waals surface area contributed by atoms with Crippen molar-refractivity contribution in [3.63, 3.8) is 0 Å². The first kappa shape index (κ1) is 14.0. The Balaban J connectivity index is 2.39. The van der Waals surface area contributed by atoms with Crippen LogP contribution in [0.3, 0.4) is 0 Å². The summed E-state index contributed by atoms with van der Waals surface area (Å²) in [4.78, 5) is 0. The van der Waals surface area contributed by atoms with E-state index in [-0.39, 0.29) is 0 Å². The van der Waals surface area contributed by atoms with Crippen molar-refractivity contribution >= 4 is 0 Å². The number of hydrogen-bond donors (Lipinski definition) is 1. The summed E-state index contributed by atoms with van der Waals surface area (Å²) in [6.07, 6.45) is 3.59. The zero-order valence-electron chi connectivity index (χ0n) is 11.6. The molecule has 96 valence electrons. The lowest BCUT2D eigenvalue weighted by molar-refractivity contribution is 0.301. The van der Waals surface area contributed by atoms with Crippen molar-refractivity contribution in [2.24, 2.45) is 0 Å². The van der Waals surface area contributed by atoms with Crippen molar-refractivity contribution in [2.45, 2.75) is 40.0 Å². The van der Waals surface area contributed by atoms with E-state index in [1.165, 1.54) is 29.5 Å². The molecule has 0 heterocycles. The molecule has 0 amide bonds. The number of nitrogens with one attached hydrogen (secondary N) is 1. The van der Waals surface area contributed by atoms with Crippen molar-refractivity contribution in [1.29, 1.82) is 0 Å². The predicted octanol–water partition coefficient (Wildman–Crippen LogP) is 3.38. The van der Waals surface area contributed by atoms with Crippen LogP contribution in [0.15, 0.2) is 12.1 Å². The van der Waals surface area contributed by atoms with E-state index in [0.717, 1.165) is 25.3 Å². The number of ether oxygens (including phenoxy) is 1. The molecule has 0 aliphatic heterocycles. The average Bonchev–Trinajstić information content (AvgIpc) is 2.32. The second kappa shape index (κ2) is 7.33. The van der Waals surface area contributed by atoms with Crippen LogP contribution in [0.1, 0.15) is 36.0 Å². The highest BCUT2D eigenvalue weighted by Gasteiger charge is 2.05. The van der Waals surface area contributed by atoms with Crippen molar-refractivity contribution in [1.82, 2.24) is 5.32 Å². The first-order valence-electron chi connectivity index (χ1n) is 6.51. The number of aryl methyl sites for hydroxylation is 2. The van der Waals surface area contributed by atoms with E-state index in [1.807, 2.05) is 7.05 Å². The predicted molar refractivity (Wildman–Crippen MR) is 73.9 cm³/mol. The van der Waals surface area contributed by atoms with Gasteiger partial charge in [0, 0.05) is 0 Å². The zero-order valence-corrected chi connectivity index (χ0v) is 11.6. The van der Waals surface area contributed by atoms with E-state index in [4.69, 9.17) is 4.74 Å². The van der Waals surface area contributed by atoms with Crippen molar-refractivity contribution < 1.29 is 4.74 Å². The second-order valence-corrected chi connectivity index (χ2v) is 4.67. The fraction of sp³-hybridized carbons (Fsp3) is 0.600. The first-order chi connectivity index (χ1) is 8.16. The fourth-order valence-corrected chi connectivity index (χ4v) is 1.90. The maximum atomic E-state index is 5.91. The normalized spacial score (nSPS) is 10.6. The van der Waals surface area contributed by atoms with Gasteiger partial charge in [-0.25, -0.2) is 0 Å². The molecule has 0 saturated carbocycles. The minimum Gasteiger partial charge on any atom is -0.493 e. The minimum atomic E-state index is 0.828. The molecule has 0 fully saturated rings. The maximum Gasteiger partial charge on any atom is 0.125 e. The molecule has 0 saturated heterocycles. The van der Waals surface area contributed by atoms with Crippen LogP contribution in [0.2, 0.25) is 0 Å².